The van der Waals surface area contributed by atoms with Gasteiger partial charge in [-0.15, -0.1) is 5.10 Å². The molecule has 0 saturated carbocycles. The molecule has 0 amide bonds. The van der Waals surface area contributed by atoms with Crippen LogP contribution in [0.5, 0.6) is 5.75 Å². The molecule has 21 heavy (non-hydrogen) atoms. The van der Waals surface area contributed by atoms with Gasteiger partial charge in [0.2, 0.25) is 0 Å². The second-order valence-electron chi connectivity index (χ2n) is 4.44. The lowest BCUT2D eigenvalue weighted by Gasteiger charge is -2.05. The highest BCUT2D eigenvalue weighted by Gasteiger charge is 2.01. The van der Waals surface area contributed by atoms with Gasteiger partial charge in [-0.1, -0.05) is 5.21 Å². The molecule has 0 bridgehead atoms. The van der Waals surface area contributed by atoms with E-state index in [2.05, 4.69) is 15.6 Å². The zero-order valence-electron chi connectivity index (χ0n) is 12.0. The molecule has 1 N–H and O–H groups in total. The van der Waals surface area contributed by atoms with E-state index in [-0.39, 0.29) is 5.82 Å². The van der Waals surface area contributed by atoms with Gasteiger partial charge in [0, 0.05) is 26.4 Å². The van der Waals surface area contributed by atoms with Crippen LogP contribution in [-0.2, 0) is 17.8 Å². The highest BCUT2D eigenvalue weighted by molar-refractivity contribution is 5.21. The third-order valence-corrected chi connectivity index (χ3v) is 2.78. The average Bonchev–Trinajstić information content (AvgIpc) is 2.94. The summed E-state index contributed by atoms with van der Waals surface area (Å²) in [5, 5.41) is 11.3. The Morgan fingerprint density at radius 2 is 2.05 bits per heavy atom. The number of benzene rings is 1. The van der Waals surface area contributed by atoms with Gasteiger partial charge in [0.1, 0.15) is 18.2 Å². The molecule has 114 valence electrons. The van der Waals surface area contributed by atoms with Crippen LogP contribution in [0.3, 0.4) is 0 Å². The molecule has 1 aromatic carbocycles. The molecule has 0 aliphatic rings. The van der Waals surface area contributed by atoms with E-state index < -0.39 is 0 Å². The van der Waals surface area contributed by atoms with E-state index in [4.69, 9.17) is 9.47 Å². The number of methoxy groups -OCH3 is 1. The molecular weight excluding hydrogens is 275 g/mol. The number of ether oxygens (including phenoxy) is 2. The number of rotatable bonds is 9. The van der Waals surface area contributed by atoms with Crippen LogP contribution in [0, 0.1) is 5.82 Å². The maximum absolute atomic E-state index is 12.7. The van der Waals surface area contributed by atoms with E-state index in [9.17, 15) is 4.39 Å². The van der Waals surface area contributed by atoms with Gasteiger partial charge in [-0.25, -0.2) is 9.07 Å². The minimum Gasteiger partial charge on any atom is -0.492 e. The Morgan fingerprint density at radius 1 is 1.24 bits per heavy atom. The number of aromatic nitrogens is 3. The van der Waals surface area contributed by atoms with Crippen LogP contribution in [0.15, 0.2) is 30.5 Å². The number of hydrogen-bond acceptors (Lipinski definition) is 5. The number of nitrogens with one attached hydrogen (secondary N) is 1. The first-order valence-electron chi connectivity index (χ1n) is 6.75. The van der Waals surface area contributed by atoms with Crippen molar-refractivity contribution >= 4 is 0 Å². The monoisotopic (exact) mass is 294 g/mol. The molecule has 0 saturated heterocycles. The molecule has 2 aromatic rings. The SMILES string of the molecule is COCCNCc1cn(CCOc2ccc(F)cc2)nn1. The standard InChI is InChI=1S/C14H19FN4O2/c1-20-8-6-16-10-13-11-19(18-17-13)7-9-21-14-4-2-12(15)3-5-14/h2-5,11,16H,6-10H2,1H3. The zero-order valence-corrected chi connectivity index (χ0v) is 12.0. The molecular formula is C14H19FN4O2. The Balaban J connectivity index is 1.69. The topological polar surface area (TPSA) is 61.2 Å². The van der Waals surface area contributed by atoms with Gasteiger partial charge in [-0.05, 0) is 24.3 Å². The van der Waals surface area contributed by atoms with E-state index in [0.29, 0.717) is 32.1 Å². The smallest absolute Gasteiger partial charge is 0.123 e. The summed E-state index contributed by atoms with van der Waals surface area (Å²) in [6.45, 7) is 3.13. The molecule has 0 atom stereocenters. The van der Waals surface area contributed by atoms with E-state index in [1.807, 2.05) is 6.20 Å². The van der Waals surface area contributed by atoms with Crippen molar-refractivity contribution in [1.29, 1.82) is 0 Å². The van der Waals surface area contributed by atoms with Gasteiger partial charge in [0.25, 0.3) is 0 Å². The Morgan fingerprint density at radius 3 is 2.81 bits per heavy atom. The van der Waals surface area contributed by atoms with Crippen LogP contribution >= 0.6 is 0 Å². The number of hydrogen-bond donors (Lipinski definition) is 1. The van der Waals surface area contributed by atoms with Crippen LogP contribution in [0.2, 0.25) is 0 Å². The lowest BCUT2D eigenvalue weighted by Crippen LogP contribution is -2.18. The Bertz CT molecular complexity index is 530. The molecule has 1 aromatic heterocycles. The van der Waals surface area contributed by atoms with Crippen LogP contribution in [0.4, 0.5) is 4.39 Å². The first-order chi connectivity index (χ1) is 10.3. The fourth-order valence-electron chi connectivity index (χ4n) is 1.71. The van der Waals surface area contributed by atoms with Crippen LogP contribution < -0.4 is 10.1 Å². The molecule has 0 fully saturated rings. The fraction of sp³-hybridized carbons (Fsp3) is 0.429. The van der Waals surface area contributed by atoms with Crippen molar-refractivity contribution in [2.45, 2.75) is 13.1 Å². The third-order valence-electron chi connectivity index (χ3n) is 2.78. The van der Waals surface area contributed by atoms with Crippen molar-refractivity contribution in [2.75, 3.05) is 26.9 Å². The second kappa shape index (κ2) is 8.33. The van der Waals surface area contributed by atoms with Crippen LogP contribution in [0.1, 0.15) is 5.69 Å². The van der Waals surface area contributed by atoms with Gasteiger partial charge in [-0.3, -0.25) is 0 Å². The van der Waals surface area contributed by atoms with Crippen molar-refractivity contribution in [3.63, 3.8) is 0 Å². The van der Waals surface area contributed by atoms with Gasteiger partial charge in [-0.2, -0.15) is 0 Å². The van der Waals surface area contributed by atoms with E-state index >= 15 is 0 Å². The summed E-state index contributed by atoms with van der Waals surface area (Å²) in [5.41, 5.74) is 0.868. The summed E-state index contributed by atoms with van der Waals surface area (Å²) in [6.07, 6.45) is 1.87. The maximum atomic E-state index is 12.7. The molecule has 0 aliphatic carbocycles. The normalized spacial score (nSPS) is 10.8. The third kappa shape index (κ3) is 5.49. The molecule has 0 aliphatic heterocycles. The lowest BCUT2D eigenvalue weighted by atomic mass is 10.3. The summed E-state index contributed by atoms with van der Waals surface area (Å²) in [6, 6.07) is 5.94. The van der Waals surface area contributed by atoms with Gasteiger partial charge in [0.05, 0.1) is 18.8 Å². The first-order valence-corrected chi connectivity index (χ1v) is 6.75. The summed E-state index contributed by atoms with van der Waals surface area (Å²) >= 11 is 0. The van der Waals surface area contributed by atoms with Crippen LogP contribution in [-0.4, -0.2) is 41.9 Å². The summed E-state index contributed by atoms with van der Waals surface area (Å²) in [5.74, 6) is 0.363. The minimum absolute atomic E-state index is 0.274. The summed E-state index contributed by atoms with van der Waals surface area (Å²) < 4.78 is 24.9. The van der Waals surface area contributed by atoms with Crippen molar-refractivity contribution in [3.8, 4) is 5.75 Å². The highest BCUT2D eigenvalue weighted by atomic mass is 19.1. The largest absolute Gasteiger partial charge is 0.492 e. The predicted molar refractivity (Wildman–Crippen MR) is 75.5 cm³/mol. The van der Waals surface area contributed by atoms with Gasteiger partial charge in [0.15, 0.2) is 0 Å². The predicted octanol–water partition coefficient (Wildman–Crippen LogP) is 1.23. The Kier molecular flexibility index (Phi) is 6.11. The molecule has 2 rings (SSSR count). The molecule has 0 radical (unpaired) electrons. The molecule has 6 nitrogen and oxygen atoms in total. The van der Waals surface area contributed by atoms with Crippen LogP contribution in [0.25, 0.3) is 0 Å². The second-order valence-corrected chi connectivity index (χ2v) is 4.44. The van der Waals surface area contributed by atoms with Gasteiger partial charge < -0.3 is 14.8 Å². The molecule has 1 heterocycles. The summed E-state index contributed by atoms with van der Waals surface area (Å²) in [7, 11) is 1.67. The van der Waals surface area contributed by atoms with Crippen molar-refractivity contribution in [2.24, 2.45) is 0 Å². The molecule has 0 unspecified atom stereocenters. The number of nitrogens with zero attached hydrogens (tertiary/aromatic N) is 3. The maximum Gasteiger partial charge on any atom is 0.123 e. The van der Waals surface area contributed by atoms with E-state index in [1.54, 1.807) is 23.9 Å². The quantitative estimate of drug-likeness (QED) is 0.705. The van der Waals surface area contributed by atoms with Crippen molar-refractivity contribution < 1.29 is 13.9 Å². The van der Waals surface area contributed by atoms with Crippen molar-refractivity contribution in [3.05, 3.63) is 42.0 Å². The number of halogens is 1. The van der Waals surface area contributed by atoms with E-state index in [0.717, 1.165) is 12.2 Å². The fourth-order valence-corrected chi connectivity index (χ4v) is 1.71. The lowest BCUT2D eigenvalue weighted by molar-refractivity contribution is 0.199. The Labute approximate surface area is 122 Å². The zero-order chi connectivity index (χ0) is 14.9. The Hall–Kier alpha value is -1.99. The first kappa shape index (κ1) is 15.4. The van der Waals surface area contributed by atoms with Crippen molar-refractivity contribution in [1.82, 2.24) is 20.3 Å². The highest BCUT2D eigenvalue weighted by Crippen LogP contribution is 2.10. The summed E-state index contributed by atoms with van der Waals surface area (Å²) in [4.78, 5) is 0. The molecule has 0 spiro atoms. The van der Waals surface area contributed by atoms with Gasteiger partial charge >= 0.3 is 0 Å². The average molecular weight is 294 g/mol. The molecule has 7 heteroatoms. The minimum atomic E-state index is -0.274. The van der Waals surface area contributed by atoms with E-state index in [1.165, 1.54) is 12.1 Å².